The molecule has 0 spiro atoms. The molecule has 1 heterocycles. The van der Waals surface area contributed by atoms with E-state index in [0.717, 1.165) is 4.88 Å². The minimum Gasteiger partial charge on any atom is -0.304 e. The largest absolute Gasteiger partial charge is 0.305 e. The van der Waals surface area contributed by atoms with Gasteiger partial charge in [-0.05, 0) is 13.0 Å². The number of H-pyrrole nitrogens is 1. The molecule has 1 rings (SSSR count). The highest BCUT2D eigenvalue weighted by Crippen LogP contribution is 1.96. The maximum Gasteiger partial charge on any atom is 0.305 e. The van der Waals surface area contributed by atoms with Crippen LogP contribution in [0.2, 0.25) is 0 Å². The Balaban J connectivity index is 3.52. The third kappa shape index (κ3) is 1.73. The number of hydrogen-bond acceptors (Lipinski definition) is 3. The summed E-state index contributed by atoms with van der Waals surface area (Å²) in [5, 5.41) is 0. The van der Waals surface area contributed by atoms with E-state index in [1.165, 1.54) is 11.3 Å². The van der Waals surface area contributed by atoms with Gasteiger partial charge in [0.2, 0.25) is 0 Å². The van der Waals surface area contributed by atoms with Gasteiger partial charge in [-0.25, -0.2) is 0 Å². The van der Waals surface area contributed by atoms with E-state index in [1.54, 1.807) is 6.07 Å². The van der Waals surface area contributed by atoms with Crippen molar-refractivity contribution in [2.45, 2.75) is 6.92 Å². The van der Waals surface area contributed by atoms with Crippen LogP contribution in [0, 0.1) is 11.6 Å². The molecule has 0 fully saturated rings. The van der Waals surface area contributed by atoms with Gasteiger partial charge < -0.3 is 4.98 Å². The average molecular weight is 159 g/mol. The van der Waals surface area contributed by atoms with Crippen LogP contribution < -0.4 is 4.87 Å². The minimum atomic E-state index is -0.0833. The van der Waals surface area contributed by atoms with Crippen LogP contribution in [0.5, 0.6) is 0 Å². The molecule has 0 saturated heterocycles. The smallest absolute Gasteiger partial charge is 0.304 e. The van der Waals surface area contributed by atoms with Crippen molar-refractivity contribution in [1.82, 2.24) is 4.98 Å². The van der Waals surface area contributed by atoms with Crippen LogP contribution in [0.1, 0.15) is 4.88 Å². The average Bonchev–Trinajstić information content (AvgIpc) is 1.59. The fraction of sp³-hybridized carbons (Fsp3) is 0.200. The molecule has 0 unspecified atom stereocenters. The second-order valence-electron chi connectivity index (χ2n) is 1.63. The maximum atomic E-state index is 10.6. The number of rotatable bonds is 0. The lowest BCUT2D eigenvalue weighted by Gasteiger charge is -1.84. The molecule has 48 valence electrons. The lowest BCUT2D eigenvalue weighted by atomic mass is 10.6. The summed E-state index contributed by atoms with van der Waals surface area (Å²) in [6.45, 7) is 1.86. The highest BCUT2D eigenvalue weighted by Gasteiger charge is 1.85. The molecule has 0 amide bonds. The van der Waals surface area contributed by atoms with Crippen molar-refractivity contribution in [2.24, 2.45) is 0 Å². The van der Waals surface area contributed by atoms with Crippen LogP contribution in [0.4, 0.5) is 0 Å². The van der Waals surface area contributed by atoms with E-state index in [4.69, 9.17) is 12.2 Å². The summed E-state index contributed by atoms with van der Waals surface area (Å²) in [7, 11) is 0. The van der Waals surface area contributed by atoms with E-state index in [-0.39, 0.29) is 4.87 Å². The SMILES string of the molecule is Cc1cc(=S)[nH]c(=O)s1. The normalized spacial score (nSPS) is 9.44. The van der Waals surface area contributed by atoms with Crippen molar-refractivity contribution in [2.75, 3.05) is 0 Å². The second-order valence-corrected chi connectivity index (χ2v) is 3.29. The molecule has 0 aliphatic carbocycles. The Bertz CT molecular complexity index is 283. The monoisotopic (exact) mass is 159 g/mol. The molecule has 2 nitrogen and oxygen atoms in total. The van der Waals surface area contributed by atoms with Crippen LogP contribution >= 0.6 is 23.6 Å². The van der Waals surface area contributed by atoms with Crippen LogP contribution in [-0.2, 0) is 0 Å². The highest BCUT2D eigenvalue weighted by molar-refractivity contribution is 7.71. The third-order valence-corrected chi connectivity index (χ3v) is 1.76. The van der Waals surface area contributed by atoms with Gasteiger partial charge in [0.05, 0.1) is 0 Å². The Morgan fingerprint density at radius 1 is 1.78 bits per heavy atom. The summed E-state index contributed by atoms with van der Waals surface area (Å²) in [6, 6.07) is 1.77. The fourth-order valence-corrected chi connectivity index (χ4v) is 1.56. The van der Waals surface area contributed by atoms with E-state index in [9.17, 15) is 4.79 Å². The van der Waals surface area contributed by atoms with Crippen molar-refractivity contribution in [1.29, 1.82) is 0 Å². The molecule has 0 bridgehead atoms. The first-order chi connectivity index (χ1) is 4.18. The summed E-state index contributed by atoms with van der Waals surface area (Å²) < 4.78 is 0.510. The second kappa shape index (κ2) is 2.41. The van der Waals surface area contributed by atoms with Crippen molar-refractivity contribution >= 4 is 23.6 Å². The Kier molecular flexibility index (Phi) is 1.78. The number of aromatic nitrogens is 1. The van der Waals surface area contributed by atoms with Crippen LogP contribution in [0.3, 0.4) is 0 Å². The number of hydrogen-bond donors (Lipinski definition) is 1. The Hall–Kier alpha value is -0.480. The first-order valence-corrected chi connectivity index (χ1v) is 3.62. The van der Waals surface area contributed by atoms with Gasteiger partial charge in [0, 0.05) is 4.88 Å². The zero-order valence-corrected chi connectivity index (χ0v) is 6.44. The summed E-state index contributed by atoms with van der Waals surface area (Å²) in [4.78, 5) is 14.0. The molecule has 0 aliphatic heterocycles. The van der Waals surface area contributed by atoms with E-state index in [1.807, 2.05) is 6.92 Å². The lowest BCUT2D eigenvalue weighted by Crippen LogP contribution is -1.98. The topological polar surface area (TPSA) is 32.9 Å². The summed E-state index contributed by atoms with van der Waals surface area (Å²) in [6.07, 6.45) is 0. The number of aromatic amines is 1. The zero-order valence-electron chi connectivity index (χ0n) is 4.80. The molecule has 0 saturated carbocycles. The molecule has 0 atom stereocenters. The minimum absolute atomic E-state index is 0.0833. The van der Waals surface area contributed by atoms with Gasteiger partial charge >= 0.3 is 4.87 Å². The fourth-order valence-electron chi connectivity index (χ4n) is 0.522. The standard InChI is InChI=1S/C5H5NOS2/c1-3-2-4(8)6-5(7)9-3/h2H,1H3,(H,6,7,8). The zero-order chi connectivity index (χ0) is 6.85. The Labute approximate surface area is 61.2 Å². The quantitative estimate of drug-likeness (QED) is 0.581. The van der Waals surface area contributed by atoms with Gasteiger partial charge in [-0.15, -0.1) is 0 Å². The summed E-state index contributed by atoms with van der Waals surface area (Å²) in [5.41, 5.74) is 0. The van der Waals surface area contributed by atoms with Gasteiger partial charge in [-0.1, -0.05) is 23.6 Å². The first kappa shape index (κ1) is 6.64. The van der Waals surface area contributed by atoms with E-state index in [0.29, 0.717) is 4.64 Å². The van der Waals surface area contributed by atoms with Gasteiger partial charge in [-0.3, -0.25) is 4.79 Å². The maximum absolute atomic E-state index is 10.6. The van der Waals surface area contributed by atoms with Crippen LogP contribution in [0.25, 0.3) is 0 Å². The van der Waals surface area contributed by atoms with Crippen molar-refractivity contribution in [3.05, 3.63) is 25.3 Å². The lowest BCUT2D eigenvalue weighted by molar-refractivity contribution is 1.27. The number of aryl methyl sites for hydroxylation is 1. The molecular weight excluding hydrogens is 154 g/mol. The van der Waals surface area contributed by atoms with E-state index < -0.39 is 0 Å². The molecule has 1 aromatic rings. The number of nitrogens with one attached hydrogen (secondary N) is 1. The van der Waals surface area contributed by atoms with Crippen LogP contribution in [0.15, 0.2) is 10.9 Å². The molecule has 0 radical (unpaired) electrons. The first-order valence-electron chi connectivity index (χ1n) is 2.39. The Morgan fingerprint density at radius 2 is 2.44 bits per heavy atom. The molecular formula is C5H5NOS2. The molecule has 1 N–H and O–H groups in total. The van der Waals surface area contributed by atoms with Crippen LogP contribution in [-0.4, -0.2) is 4.98 Å². The molecule has 4 heteroatoms. The summed E-state index contributed by atoms with van der Waals surface area (Å²) >= 11 is 5.91. The third-order valence-electron chi connectivity index (χ3n) is 0.813. The van der Waals surface area contributed by atoms with Gasteiger partial charge in [0.25, 0.3) is 0 Å². The Morgan fingerprint density at radius 3 is 2.89 bits per heavy atom. The molecule has 0 aromatic carbocycles. The van der Waals surface area contributed by atoms with Crippen molar-refractivity contribution in [3.63, 3.8) is 0 Å². The predicted molar refractivity (Wildman–Crippen MR) is 40.5 cm³/mol. The predicted octanol–water partition coefficient (Wildman–Crippen LogP) is 1.47. The molecule has 9 heavy (non-hydrogen) atoms. The van der Waals surface area contributed by atoms with Crippen molar-refractivity contribution < 1.29 is 0 Å². The van der Waals surface area contributed by atoms with Gasteiger partial charge in [0.15, 0.2) is 0 Å². The van der Waals surface area contributed by atoms with E-state index in [2.05, 4.69) is 4.98 Å². The van der Waals surface area contributed by atoms with Crippen molar-refractivity contribution in [3.8, 4) is 0 Å². The molecule has 0 aliphatic rings. The van der Waals surface area contributed by atoms with Gasteiger partial charge in [-0.2, -0.15) is 0 Å². The van der Waals surface area contributed by atoms with Gasteiger partial charge in [0.1, 0.15) is 4.64 Å². The van der Waals surface area contributed by atoms with E-state index >= 15 is 0 Å². The molecule has 1 aromatic heterocycles. The highest BCUT2D eigenvalue weighted by atomic mass is 32.1. The summed E-state index contributed by atoms with van der Waals surface area (Å²) in [5.74, 6) is 0.